The topological polar surface area (TPSA) is 57.7 Å². The molecule has 0 aliphatic carbocycles. The minimum atomic E-state index is -2.11. The second-order valence-electron chi connectivity index (χ2n) is 14.1. The molecule has 0 bridgehead atoms. The van der Waals surface area contributed by atoms with Gasteiger partial charge in [-0.1, -0.05) is 74.0 Å². The molecule has 0 saturated heterocycles. The van der Waals surface area contributed by atoms with Gasteiger partial charge in [0.25, 0.3) is 0 Å². The van der Waals surface area contributed by atoms with Crippen LogP contribution >= 0.6 is 11.3 Å². The molecule has 212 valence electrons. The average molecular weight is 584 g/mol. The van der Waals surface area contributed by atoms with E-state index in [9.17, 15) is 4.79 Å². The summed E-state index contributed by atoms with van der Waals surface area (Å²) in [4.78, 5) is 17.0. The van der Waals surface area contributed by atoms with E-state index in [0.29, 0.717) is 18.7 Å². The molecule has 1 aromatic heterocycles. The van der Waals surface area contributed by atoms with Crippen LogP contribution in [0.15, 0.2) is 5.38 Å². The van der Waals surface area contributed by atoms with Crippen LogP contribution < -0.4 is 0 Å². The molecule has 0 aliphatic heterocycles. The SMILES string of the molecule is CCOC(=O)c1csc([C@H](C)[C@H](C[C@@H](C#C[Si](C)(C)C)O[Si](C)(C)C(C)(C)C)O[Si](C)(C)C(C)(C)C)n1. The molecule has 1 rings (SSSR count). The number of aromatic nitrogens is 1. The number of hydrogen-bond donors (Lipinski definition) is 0. The highest BCUT2D eigenvalue weighted by Crippen LogP contribution is 2.42. The number of nitrogens with zero attached hydrogens (tertiary/aromatic N) is 1. The zero-order valence-electron chi connectivity index (χ0n) is 26.2. The van der Waals surface area contributed by atoms with Gasteiger partial charge in [-0.25, -0.2) is 9.78 Å². The Morgan fingerprint density at radius 1 is 0.973 bits per heavy atom. The van der Waals surface area contributed by atoms with Gasteiger partial charge in [-0.3, -0.25) is 0 Å². The highest BCUT2D eigenvalue weighted by molar-refractivity contribution is 7.09. The van der Waals surface area contributed by atoms with Crippen molar-refractivity contribution in [3.05, 3.63) is 16.1 Å². The molecule has 1 heterocycles. The van der Waals surface area contributed by atoms with Crippen LogP contribution in [0, 0.1) is 11.5 Å². The maximum absolute atomic E-state index is 12.3. The van der Waals surface area contributed by atoms with Crippen LogP contribution in [-0.4, -0.2) is 54.5 Å². The van der Waals surface area contributed by atoms with Crippen LogP contribution in [0.1, 0.15) is 83.2 Å². The van der Waals surface area contributed by atoms with Crippen LogP contribution in [0.5, 0.6) is 0 Å². The number of esters is 1. The number of rotatable bonds is 10. The molecule has 0 N–H and O–H groups in total. The third-order valence-corrected chi connectivity index (χ3v) is 18.4. The van der Waals surface area contributed by atoms with Crippen molar-refractivity contribution in [1.29, 1.82) is 0 Å². The van der Waals surface area contributed by atoms with Gasteiger partial charge in [0, 0.05) is 17.7 Å². The maximum Gasteiger partial charge on any atom is 0.357 e. The molecule has 0 unspecified atom stereocenters. The predicted octanol–water partition coefficient (Wildman–Crippen LogP) is 8.48. The Hall–Kier alpha value is -0.769. The lowest BCUT2D eigenvalue weighted by atomic mass is 10.00. The Labute approximate surface area is 234 Å². The van der Waals surface area contributed by atoms with Crippen molar-refractivity contribution in [2.24, 2.45) is 0 Å². The fourth-order valence-corrected chi connectivity index (χ4v) is 7.16. The first kappa shape index (κ1) is 34.3. The summed E-state index contributed by atoms with van der Waals surface area (Å²) in [6.07, 6.45) is 0.327. The van der Waals surface area contributed by atoms with Gasteiger partial charge in [0.1, 0.15) is 14.2 Å². The molecule has 9 heteroatoms. The Morgan fingerprint density at radius 3 is 1.95 bits per heavy atom. The lowest BCUT2D eigenvalue weighted by Crippen LogP contribution is -2.48. The largest absolute Gasteiger partial charge is 0.461 e. The molecule has 37 heavy (non-hydrogen) atoms. The summed E-state index contributed by atoms with van der Waals surface area (Å²) < 4.78 is 19.2. The number of ether oxygens (including phenoxy) is 1. The van der Waals surface area contributed by atoms with E-state index in [-0.39, 0.29) is 34.2 Å². The van der Waals surface area contributed by atoms with E-state index in [1.165, 1.54) is 11.3 Å². The fraction of sp³-hybridized carbons (Fsp3) is 0.786. The molecule has 0 radical (unpaired) electrons. The van der Waals surface area contributed by atoms with Gasteiger partial charge >= 0.3 is 5.97 Å². The van der Waals surface area contributed by atoms with Gasteiger partial charge in [-0.15, -0.1) is 16.9 Å². The normalized spacial score (nSPS) is 16.0. The summed E-state index contributed by atoms with van der Waals surface area (Å²) in [6.45, 7) is 33.8. The molecule has 5 nitrogen and oxygen atoms in total. The van der Waals surface area contributed by atoms with Gasteiger partial charge in [0.15, 0.2) is 22.3 Å². The predicted molar refractivity (Wildman–Crippen MR) is 166 cm³/mol. The van der Waals surface area contributed by atoms with E-state index < -0.39 is 24.7 Å². The average Bonchev–Trinajstić information content (AvgIpc) is 3.19. The van der Waals surface area contributed by atoms with Crippen LogP contribution in [0.2, 0.25) is 55.9 Å². The van der Waals surface area contributed by atoms with Crippen LogP contribution in [0.25, 0.3) is 0 Å². The summed E-state index contributed by atoms with van der Waals surface area (Å²) in [5.74, 6) is 3.17. The summed E-state index contributed by atoms with van der Waals surface area (Å²) in [5.41, 5.74) is 3.94. The van der Waals surface area contributed by atoms with Crippen molar-refractivity contribution in [3.63, 3.8) is 0 Å². The molecule has 1 aromatic rings. The van der Waals surface area contributed by atoms with Gasteiger partial charge in [0.05, 0.1) is 17.7 Å². The Bertz CT molecular complexity index is 959. The quantitative estimate of drug-likeness (QED) is 0.157. The molecule has 0 amide bonds. The van der Waals surface area contributed by atoms with E-state index in [0.717, 1.165) is 5.01 Å². The standard InChI is InChI=1S/C28H53NO4SSi3/c1-16-31-26(30)23-20-34-25(29-23)21(2)24(33-37(14,15)28(6,7)8)19-22(17-18-35(9,10)11)32-36(12,13)27(3,4)5/h20-22,24H,16,19H2,1-15H3/t21-,22-,24+/m1/s1. The monoisotopic (exact) mass is 583 g/mol. The number of carbonyl (C=O) groups is 1. The van der Waals surface area contributed by atoms with Crippen molar-refractivity contribution in [1.82, 2.24) is 4.98 Å². The van der Waals surface area contributed by atoms with E-state index in [2.05, 4.69) is 111 Å². The summed E-state index contributed by atoms with van der Waals surface area (Å²) in [5, 5.41) is 2.82. The highest BCUT2D eigenvalue weighted by Gasteiger charge is 2.43. The molecular weight excluding hydrogens is 531 g/mol. The first-order valence-electron chi connectivity index (χ1n) is 13.5. The van der Waals surface area contributed by atoms with Crippen molar-refractivity contribution in [2.45, 2.75) is 136 Å². The van der Waals surface area contributed by atoms with Crippen LogP contribution in [-0.2, 0) is 13.6 Å². The summed E-state index contributed by atoms with van der Waals surface area (Å²) in [7, 11) is -5.77. The van der Waals surface area contributed by atoms with Gasteiger partial charge in [0.2, 0.25) is 0 Å². The Balaban J connectivity index is 3.49. The fourth-order valence-electron chi connectivity index (χ4n) is 3.04. The minimum Gasteiger partial charge on any atom is -0.461 e. The zero-order valence-corrected chi connectivity index (χ0v) is 30.0. The lowest BCUT2D eigenvalue weighted by molar-refractivity contribution is 0.0519. The van der Waals surface area contributed by atoms with Gasteiger partial charge in [-0.05, 0) is 43.2 Å². The van der Waals surface area contributed by atoms with Crippen LogP contribution in [0.4, 0.5) is 0 Å². The van der Waals surface area contributed by atoms with Crippen molar-refractivity contribution < 1.29 is 18.4 Å². The first-order valence-corrected chi connectivity index (χ1v) is 23.7. The van der Waals surface area contributed by atoms with Crippen molar-refractivity contribution in [2.75, 3.05) is 6.61 Å². The summed E-state index contributed by atoms with van der Waals surface area (Å²) in [6, 6.07) is 0. The molecule has 0 aromatic carbocycles. The number of carbonyl (C=O) groups excluding carboxylic acids is 1. The van der Waals surface area contributed by atoms with E-state index in [1.54, 1.807) is 12.3 Å². The van der Waals surface area contributed by atoms with Crippen LogP contribution in [0.3, 0.4) is 0 Å². The van der Waals surface area contributed by atoms with Crippen molar-refractivity contribution >= 4 is 42.0 Å². The summed E-state index contributed by atoms with van der Waals surface area (Å²) >= 11 is 1.50. The smallest absolute Gasteiger partial charge is 0.357 e. The van der Waals surface area contributed by atoms with E-state index >= 15 is 0 Å². The van der Waals surface area contributed by atoms with E-state index in [4.69, 9.17) is 13.6 Å². The number of thiazole rings is 1. The first-order chi connectivity index (χ1) is 16.5. The third kappa shape index (κ3) is 10.4. The molecule has 0 saturated carbocycles. The van der Waals surface area contributed by atoms with E-state index in [1.807, 2.05) is 0 Å². The lowest BCUT2D eigenvalue weighted by Gasteiger charge is -2.43. The Morgan fingerprint density at radius 2 is 1.49 bits per heavy atom. The highest BCUT2D eigenvalue weighted by atomic mass is 32.1. The maximum atomic E-state index is 12.3. The second-order valence-corrected chi connectivity index (χ2v) is 29.3. The Kier molecular flexibility index (Phi) is 11.7. The molecule has 0 aliphatic rings. The molecule has 3 atom stereocenters. The third-order valence-electron chi connectivity index (χ3n) is 7.50. The number of hydrogen-bond acceptors (Lipinski definition) is 6. The van der Waals surface area contributed by atoms with Gasteiger partial charge < -0.3 is 13.6 Å². The molecular formula is C28H53NO4SSi3. The zero-order chi connectivity index (χ0) is 29.0. The molecule has 0 spiro atoms. The second kappa shape index (κ2) is 12.6. The van der Waals surface area contributed by atoms with Crippen molar-refractivity contribution in [3.8, 4) is 11.5 Å². The molecule has 0 fully saturated rings. The van der Waals surface area contributed by atoms with Gasteiger partial charge in [-0.2, -0.15) is 0 Å². The minimum absolute atomic E-state index is 0.0125.